The van der Waals surface area contributed by atoms with Crippen LogP contribution in [-0.4, -0.2) is 19.0 Å². The van der Waals surface area contributed by atoms with Crippen molar-refractivity contribution in [2.75, 3.05) is 12.4 Å². The van der Waals surface area contributed by atoms with Gasteiger partial charge >= 0.3 is 0 Å². The minimum Gasteiger partial charge on any atom is -0.371 e. The van der Waals surface area contributed by atoms with E-state index in [-0.39, 0.29) is 5.91 Å². The number of likely N-dealkylation sites (N-methyl/N-ethyl adjacent to an activating group) is 1. The van der Waals surface area contributed by atoms with Crippen molar-refractivity contribution in [3.63, 3.8) is 0 Å². The number of nitrogens with one attached hydrogen (secondary N) is 2. The Morgan fingerprint density at radius 3 is 2.19 bits per heavy atom. The Kier molecular flexibility index (Phi) is 4.71. The van der Waals surface area contributed by atoms with Crippen LogP contribution in [0.1, 0.15) is 6.92 Å². The zero-order valence-electron chi connectivity index (χ0n) is 8.77. The summed E-state index contributed by atoms with van der Waals surface area (Å²) in [4.78, 5) is 11.3. The van der Waals surface area contributed by atoms with Crippen molar-refractivity contribution in [2.24, 2.45) is 0 Å². The second-order valence-corrected chi connectivity index (χ2v) is 4.48. The van der Waals surface area contributed by atoms with Crippen molar-refractivity contribution in [3.8, 4) is 0 Å². The molecule has 0 bridgehead atoms. The normalized spacial score (nSPS) is 12.1. The van der Waals surface area contributed by atoms with Gasteiger partial charge < -0.3 is 10.6 Å². The average Bonchev–Trinajstić information content (AvgIpc) is 2.21. The van der Waals surface area contributed by atoms with E-state index >= 15 is 0 Å². The smallest absolute Gasteiger partial charge is 0.241 e. The molecule has 0 aliphatic heterocycles. The first-order valence-electron chi connectivity index (χ1n) is 4.58. The van der Waals surface area contributed by atoms with Crippen LogP contribution in [0, 0.1) is 0 Å². The van der Waals surface area contributed by atoms with Crippen molar-refractivity contribution in [2.45, 2.75) is 13.0 Å². The highest BCUT2D eigenvalue weighted by Crippen LogP contribution is 2.33. The number of hydrogen-bond donors (Lipinski definition) is 2. The van der Waals surface area contributed by atoms with Crippen LogP contribution < -0.4 is 10.6 Å². The third-order valence-electron chi connectivity index (χ3n) is 2.01. The summed E-state index contributed by atoms with van der Waals surface area (Å²) in [6.07, 6.45) is 0. The van der Waals surface area contributed by atoms with Gasteiger partial charge in [0.2, 0.25) is 5.91 Å². The van der Waals surface area contributed by atoms with Crippen LogP contribution in [0.25, 0.3) is 0 Å². The van der Waals surface area contributed by atoms with Gasteiger partial charge in [-0.05, 0) is 19.1 Å². The molecule has 1 atom stereocenters. The van der Waals surface area contributed by atoms with Crippen molar-refractivity contribution < 1.29 is 4.79 Å². The van der Waals surface area contributed by atoms with E-state index in [1.54, 1.807) is 26.1 Å². The van der Waals surface area contributed by atoms with Gasteiger partial charge in [0.15, 0.2) is 0 Å². The largest absolute Gasteiger partial charge is 0.371 e. The van der Waals surface area contributed by atoms with Gasteiger partial charge in [-0.25, -0.2) is 0 Å². The first kappa shape index (κ1) is 13.4. The summed E-state index contributed by atoms with van der Waals surface area (Å²) in [5.74, 6) is -0.151. The molecule has 0 spiro atoms. The zero-order valence-corrected chi connectivity index (χ0v) is 11.0. The number of rotatable bonds is 3. The number of benzene rings is 1. The molecule has 1 amide bonds. The number of carbonyl (C=O) groups is 1. The quantitative estimate of drug-likeness (QED) is 0.893. The summed E-state index contributed by atoms with van der Waals surface area (Å²) in [7, 11) is 1.56. The minimum atomic E-state index is -0.429. The standard InChI is InChI=1S/C10H11Cl3N2O/c1-5(10(16)14-2)15-9-7(12)3-6(11)4-8(9)13/h3-5,15H,1-2H3,(H,14,16). The van der Waals surface area contributed by atoms with Gasteiger partial charge in [0.25, 0.3) is 0 Å². The maximum atomic E-state index is 11.3. The number of carbonyl (C=O) groups excluding carboxylic acids is 1. The second kappa shape index (κ2) is 5.62. The van der Waals surface area contributed by atoms with Crippen LogP contribution in [0.2, 0.25) is 15.1 Å². The predicted octanol–water partition coefficient (Wildman–Crippen LogP) is 3.19. The Balaban J connectivity index is 2.93. The lowest BCUT2D eigenvalue weighted by Gasteiger charge is -2.16. The molecule has 0 aliphatic rings. The molecule has 0 saturated carbocycles. The van der Waals surface area contributed by atoms with Gasteiger partial charge in [-0.2, -0.15) is 0 Å². The Hall–Kier alpha value is -0.640. The summed E-state index contributed by atoms with van der Waals surface area (Å²) in [6.45, 7) is 1.71. The van der Waals surface area contributed by atoms with E-state index < -0.39 is 6.04 Å². The van der Waals surface area contributed by atoms with Crippen molar-refractivity contribution >= 4 is 46.4 Å². The lowest BCUT2D eigenvalue weighted by molar-refractivity contribution is -0.121. The Morgan fingerprint density at radius 2 is 1.75 bits per heavy atom. The molecule has 0 radical (unpaired) electrons. The summed E-state index contributed by atoms with van der Waals surface area (Å²) >= 11 is 17.7. The highest BCUT2D eigenvalue weighted by Gasteiger charge is 2.14. The molecule has 3 nitrogen and oxygen atoms in total. The molecule has 0 aromatic heterocycles. The van der Waals surface area contributed by atoms with E-state index in [0.717, 1.165) is 0 Å². The van der Waals surface area contributed by atoms with Gasteiger partial charge in [-0.1, -0.05) is 34.8 Å². The molecule has 0 aliphatic carbocycles. The van der Waals surface area contributed by atoms with E-state index in [2.05, 4.69) is 10.6 Å². The molecule has 1 aromatic carbocycles. The van der Waals surface area contributed by atoms with Gasteiger partial charge in [0.1, 0.15) is 6.04 Å². The number of amides is 1. The van der Waals surface area contributed by atoms with E-state index in [1.165, 1.54) is 0 Å². The summed E-state index contributed by atoms with van der Waals surface area (Å²) in [5, 5.41) is 6.66. The van der Waals surface area contributed by atoms with Gasteiger partial charge in [-0.3, -0.25) is 4.79 Å². The molecule has 1 unspecified atom stereocenters. The van der Waals surface area contributed by atoms with Crippen LogP contribution in [0.15, 0.2) is 12.1 Å². The minimum absolute atomic E-state index is 0.151. The van der Waals surface area contributed by atoms with Gasteiger partial charge in [0.05, 0.1) is 15.7 Å². The molecule has 6 heteroatoms. The Bertz CT molecular complexity index is 386. The molecular weight excluding hydrogens is 270 g/mol. The number of halogens is 3. The molecular formula is C10H11Cl3N2O. The van der Waals surface area contributed by atoms with Gasteiger partial charge in [-0.15, -0.1) is 0 Å². The maximum Gasteiger partial charge on any atom is 0.241 e. The first-order chi connectivity index (χ1) is 7.45. The lowest BCUT2D eigenvalue weighted by Crippen LogP contribution is -2.35. The summed E-state index contributed by atoms with van der Waals surface area (Å²) < 4.78 is 0. The van der Waals surface area contributed by atoms with E-state index in [4.69, 9.17) is 34.8 Å². The number of hydrogen-bond acceptors (Lipinski definition) is 2. The third-order valence-corrected chi connectivity index (χ3v) is 2.82. The van der Waals surface area contributed by atoms with Crippen LogP contribution in [0.5, 0.6) is 0 Å². The molecule has 1 aromatic rings. The highest BCUT2D eigenvalue weighted by molar-refractivity contribution is 6.41. The topological polar surface area (TPSA) is 41.1 Å². The molecule has 88 valence electrons. The fraction of sp³-hybridized carbons (Fsp3) is 0.300. The lowest BCUT2D eigenvalue weighted by atomic mass is 10.2. The fourth-order valence-electron chi connectivity index (χ4n) is 1.18. The fourth-order valence-corrected chi connectivity index (χ4v) is 2.10. The number of anilines is 1. The van der Waals surface area contributed by atoms with Crippen LogP contribution in [0.4, 0.5) is 5.69 Å². The SMILES string of the molecule is CNC(=O)C(C)Nc1c(Cl)cc(Cl)cc1Cl. The van der Waals surface area contributed by atoms with Crippen molar-refractivity contribution in [1.82, 2.24) is 5.32 Å². The summed E-state index contributed by atoms with van der Waals surface area (Å²) in [5.41, 5.74) is 0.504. The third kappa shape index (κ3) is 3.17. The van der Waals surface area contributed by atoms with Crippen molar-refractivity contribution in [1.29, 1.82) is 0 Å². The molecule has 0 saturated heterocycles. The van der Waals surface area contributed by atoms with Crippen LogP contribution >= 0.6 is 34.8 Å². The predicted molar refractivity (Wildman–Crippen MR) is 68.6 cm³/mol. The van der Waals surface area contributed by atoms with Crippen LogP contribution in [0.3, 0.4) is 0 Å². The Labute approximate surface area is 109 Å². The molecule has 0 heterocycles. The Morgan fingerprint density at radius 1 is 1.25 bits per heavy atom. The second-order valence-electron chi connectivity index (χ2n) is 3.22. The van der Waals surface area contributed by atoms with Gasteiger partial charge in [0, 0.05) is 12.1 Å². The zero-order chi connectivity index (χ0) is 12.3. The van der Waals surface area contributed by atoms with Crippen LogP contribution in [-0.2, 0) is 4.79 Å². The van der Waals surface area contributed by atoms with Crippen molar-refractivity contribution in [3.05, 3.63) is 27.2 Å². The van der Waals surface area contributed by atoms with E-state index in [9.17, 15) is 4.79 Å². The highest BCUT2D eigenvalue weighted by atomic mass is 35.5. The first-order valence-corrected chi connectivity index (χ1v) is 5.71. The molecule has 2 N–H and O–H groups in total. The molecule has 16 heavy (non-hydrogen) atoms. The van der Waals surface area contributed by atoms with E-state index in [0.29, 0.717) is 20.8 Å². The molecule has 0 fully saturated rings. The van der Waals surface area contributed by atoms with E-state index in [1.807, 2.05) is 0 Å². The maximum absolute atomic E-state index is 11.3. The average molecular weight is 282 g/mol. The summed E-state index contributed by atoms with van der Waals surface area (Å²) in [6, 6.07) is 2.70. The molecule has 1 rings (SSSR count). The monoisotopic (exact) mass is 280 g/mol.